The fourth-order valence-electron chi connectivity index (χ4n) is 2.89. The zero-order valence-electron chi connectivity index (χ0n) is 13.3. The topological polar surface area (TPSA) is 88.3 Å². The van der Waals surface area contributed by atoms with Crippen LogP contribution in [-0.2, 0) is 4.79 Å². The van der Waals surface area contributed by atoms with E-state index >= 15 is 0 Å². The Morgan fingerprint density at radius 1 is 1.36 bits per heavy atom. The highest BCUT2D eigenvalue weighted by molar-refractivity contribution is 5.94. The van der Waals surface area contributed by atoms with Crippen molar-refractivity contribution in [3.8, 4) is 0 Å². The van der Waals surface area contributed by atoms with Crippen LogP contribution in [0, 0.1) is 19.8 Å². The number of aromatic nitrogens is 1. The molecule has 0 aromatic carbocycles. The van der Waals surface area contributed by atoms with Gasteiger partial charge in [-0.15, -0.1) is 0 Å². The number of carbonyl (C=O) groups is 2. The highest BCUT2D eigenvalue weighted by atomic mass is 16.2. The molecule has 0 saturated carbocycles. The molecule has 2 rings (SSSR count). The Morgan fingerprint density at radius 3 is 2.68 bits per heavy atom. The first-order chi connectivity index (χ1) is 10.5. The zero-order chi connectivity index (χ0) is 16.1. The van der Waals surface area contributed by atoms with Gasteiger partial charge >= 0.3 is 0 Å². The lowest BCUT2D eigenvalue weighted by Gasteiger charge is -2.31. The zero-order valence-corrected chi connectivity index (χ0v) is 13.3. The Labute approximate surface area is 131 Å². The number of likely N-dealkylation sites (tertiary alicyclic amines) is 1. The van der Waals surface area contributed by atoms with E-state index in [1.165, 1.54) is 0 Å². The number of hydrogen-bond donors (Lipinski definition) is 2. The van der Waals surface area contributed by atoms with Crippen LogP contribution in [-0.4, -0.2) is 47.9 Å². The second kappa shape index (κ2) is 7.35. The molecule has 0 unspecified atom stereocenters. The first-order valence-corrected chi connectivity index (χ1v) is 7.71. The Morgan fingerprint density at radius 2 is 2.05 bits per heavy atom. The van der Waals surface area contributed by atoms with Gasteiger partial charge in [-0.25, -0.2) is 0 Å². The van der Waals surface area contributed by atoms with Crippen molar-refractivity contribution in [2.75, 3.05) is 26.2 Å². The highest BCUT2D eigenvalue weighted by Gasteiger charge is 2.23. The van der Waals surface area contributed by atoms with E-state index in [1.54, 1.807) is 12.1 Å². The van der Waals surface area contributed by atoms with Gasteiger partial charge < -0.3 is 16.0 Å². The molecule has 1 aromatic heterocycles. The van der Waals surface area contributed by atoms with Crippen molar-refractivity contribution in [3.63, 3.8) is 0 Å². The van der Waals surface area contributed by atoms with Crippen LogP contribution in [0.1, 0.15) is 34.6 Å². The number of aryl methyl sites for hydroxylation is 2. The van der Waals surface area contributed by atoms with Gasteiger partial charge in [0.05, 0.1) is 5.92 Å². The number of nitrogens with two attached hydrogens (primary N) is 1. The first kappa shape index (κ1) is 16.4. The smallest absolute Gasteiger partial charge is 0.251 e. The maximum absolute atomic E-state index is 12.1. The molecule has 3 N–H and O–H groups in total. The molecular formula is C16H24N4O2. The lowest BCUT2D eigenvalue weighted by atomic mass is 9.97. The maximum Gasteiger partial charge on any atom is 0.251 e. The van der Waals surface area contributed by atoms with Gasteiger partial charge in [0.15, 0.2) is 0 Å². The van der Waals surface area contributed by atoms with Gasteiger partial charge in [0.1, 0.15) is 0 Å². The van der Waals surface area contributed by atoms with Gasteiger partial charge in [-0.1, -0.05) is 0 Å². The number of rotatable bonds is 5. The van der Waals surface area contributed by atoms with Gasteiger partial charge in [0, 0.05) is 36.6 Å². The number of pyridine rings is 1. The predicted molar refractivity (Wildman–Crippen MR) is 84.4 cm³/mol. The molecule has 0 aliphatic carbocycles. The van der Waals surface area contributed by atoms with Crippen molar-refractivity contribution in [1.29, 1.82) is 0 Å². The molecule has 1 fully saturated rings. The number of piperidine rings is 1. The molecule has 2 amide bonds. The molecule has 0 bridgehead atoms. The fourth-order valence-corrected chi connectivity index (χ4v) is 2.89. The second-order valence-corrected chi connectivity index (χ2v) is 5.94. The van der Waals surface area contributed by atoms with Crippen LogP contribution in [0.3, 0.4) is 0 Å². The van der Waals surface area contributed by atoms with Crippen molar-refractivity contribution in [3.05, 3.63) is 29.1 Å². The lowest BCUT2D eigenvalue weighted by molar-refractivity contribution is -0.123. The van der Waals surface area contributed by atoms with Crippen molar-refractivity contribution in [1.82, 2.24) is 15.2 Å². The van der Waals surface area contributed by atoms with Crippen molar-refractivity contribution < 1.29 is 9.59 Å². The van der Waals surface area contributed by atoms with E-state index in [9.17, 15) is 9.59 Å². The molecule has 1 aromatic rings. The largest absolute Gasteiger partial charge is 0.369 e. The number of carbonyl (C=O) groups excluding carboxylic acids is 2. The fraction of sp³-hybridized carbons (Fsp3) is 0.562. The van der Waals surface area contributed by atoms with Crippen LogP contribution in [0.4, 0.5) is 0 Å². The van der Waals surface area contributed by atoms with Crippen molar-refractivity contribution in [2.24, 2.45) is 11.7 Å². The van der Waals surface area contributed by atoms with E-state index in [-0.39, 0.29) is 17.7 Å². The van der Waals surface area contributed by atoms with E-state index in [4.69, 9.17) is 5.73 Å². The summed E-state index contributed by atoms with van der Waals surface area (Å²) >= 11 is 0. The summed E-state index contributed by atoms with van der Waals surface area (Å²) in [6.45, 7) is 6.69. The van der Waals surface area contributed by atoms with Crippen molar-refractivity contribution >= 4 is 11.8 Å². The minimum Gasteiger partial charge on any atom is -0.369 e. The molecule has 6 heteroatoms. The van der Waals surface area contributed by atoms with Gasteiger partial charge in [0.2, 0.25) is 5.91 Å². The Hall–Kier alpha value is -1.95. The molecule has 1 saturated heterocycles. The van der Waals surface area contributed by atoms with Gasteiger partial charge in [-0.3, -0.25) is 14.6 Å². The third kappa shape index (κ3) is 4.53. The highest BCUT2D eigenvalue weighted by Crippen LogP contribution is 2.15. The Kier molecular flexibility index (Phi) is 5.49. The van der Waals surface area contributed by atoms with Crippen LogP contribution in [0.5, 0.6) is 0 Å². The molecule has 1 aliphatic rings. The first-order valence-electron chi connectivity index (χ1n) is 7.71. The van der Waals surface area contributed by atoms with Crippen LogP contribution in [0.2, 0.25) is 0 Å². The predicted octanol–water partition coefficient (Wildman–Crippen LogP) is 0.626. The Balaban J connectivity index is 1.80. The van der Waals surface area contributed by atoms with Gasteiger partial charge in [-0.2, -0.15) is 0 Å². The molecule has 6 nitrogen and oxygen atoms in total. The molecule has 0 spiro atoms. The molecular weight excluding hydrogens is 280 g/mol. The molecule has 1 atom stereocenters. The van der Waals surface area contributed by atoms with E-state index in [1.807, 2.05) is 13.8 Å². The molecule has 1 aliphatic heterocycles. The molecule has 0 radical (unpaired) electrons. The average Bonchev–Trinajstić information content (AvgIpc) is 2.46. The van der Waals surface area contributed by atoms with Gasteiger partial charge in [0.25, 0.3) is 5.91 Å². The Bertz CT molecular complexity index is 539. The third-order valence-electron chi connectivity index (χ3n) is 3.97. The van der Waals surface area contributed by atoms with Crippen molar-refractivity contribution in [2.45, 2.75) is 26.7 Å². The quantitative estimate of drug-likeness (QED) is 0.835. The second-order valence-electron chi connectivity index (χ2n) is 5.94. The maximum atomic E-state index is 12.1. The van der Waals surface area contributed by atoms with E-state index in [2.05, 4.69) is 15.2 Å². The van der Waals surface area contributed by atoms with E-state index < -0.39 is 0 Å². The molecule has 120 valence electrons. The lowest BCUT2D eigenvalue weighted by Crippen LogP contribution is -2.44. The normalized spacial score (nSPS) is 18.9. The third-order valence-corrected chi connectivity index (χ3v) is 3.97. The summed E-state index contributed by atoms with van der Waals surface area (Å²) in [5.41, 5.74) is 7.68. The SMILES string of the molecule is Cc1cc(C(=O)NCCN2CCC[C@H](C(N)=O)C2)cc(C)n1. The monoisotopic (exact) mass is 304 g/mol. The molecule has 2 heterocycles. The minimum absolute atomic E-state index is 0.0602. The summed E-state index contributed by atoms with van der Waals surface area (Å²) in [6, 6.07) is 3.57. The summed E-state index contributed by atoms with van der Waals surface area (Å²) in [6.07, 6.45) is 1.85. The van der Waals surface area contributed by atoms with Gasteiger partial charge in [-0.05, 0) is 45.4 Å². The average molecular weight is 304 g/mol. The van der Waals surface area contributed by atoms with E-state index in [0.717, 1.165) is 37.3 Å². The van der Waals surface area contributed by atoms with Crippen LogP contribution in [0.25, 0.3) is 0 Å². The minimum atomic E-state index is -0.225. The number of nitrogens with zero attached hydrogens (tertiary/aromatic N) is 2. The standard InChI is InChI=1S/C16H24N4O2/c1-11-8-14(9-12(2)19-11)16(22)18-5-7-20-6-3-4-13(10-20)15(17)21/h8-9,13H,3-7,10H2,1-2H3,(H2,17,21)(H,18,22)/t13-/m0/s1. The number of primary amides is 1. The van der Waals surface area contributed by atoms with Crippen LogP contribution < -0.4 is 11.1 Å². The molecule has 22 heavy (non-hydrogen) atoms. The van der Waals surface area contributed by atoms with E-state index in [0.29, 0.717) is 18.7 Å². The summed E-state index contributed by atoms with van der Waals surface area (Å²) < 4.78 is 0. The number of hydrogen-bond acceptors (Lipinski definition) is 4. The van der Waals surface area contributed by atoms with Crippen LogP contribution in [0.15, 0.2) is 12.1 Å². The van der Waals surface area contributed by atoms with Crippen LogP contribution >= 0.6 is 0 Å². The summed E-state index contributed by atoms with van der Waals surface area (Å²) in [4.78, 5) is 29.8. The number of nitrogens with one attached hydrogen (secondary N) is 1. The number of amides is 2. The summed E-state index contributed by atoms with van der Waals surface area (Å²) in [5.74, 6) is -0.372. The summed E-state index contributed by atoms with van der Waals surface area (Å²) in [5, 5.41) is 2.92. The summed E-state index contributed by atoms with van der Waals surface area (Å²) in [7, 11) is 0.